The molecular weight excluding hydrogens is 264 g/mol. The summed E-state index contributed by atoms with van der Waals surface area (Å²) in [6.45, 7) is 4.92. The van der Waals surface area contributed by atoms with Crippen molar-refractivity contribution in [2.24, 2.45) is 5.92 Å². The first-order valence-corrected chi connectivity index (χ1v) is 8.88. The van der Waals surface area contributed by atoms with Crippen molar-refractivity contribution in [3.8, 4) is 0 Å². The molecule has 2 saturated heterocycles. The number of nitrogens with one attached hydrogen (secondary N) is 1. The summed E-state index contributed by atoms with van der Waals surface area (Å²) < 4.78 is 5.36. The molecule has 3 rings (SSSR count). The van der Waals surface area contributed by atoms with Gasteiger partial charge in [0.05, 0.1) is 0 Å². The second kappa shape index (κ2) is 7.10. The van der Waals surface area contributed by atoms with Gasteiger partial charge in [-0.1, -0.05) is 19.3 Å². The van der Waals surface area contributed by atoms with Crippen molar-refractivity contribution in [3.05, 3.63) is 0 Å². The highest BCUT2D eigenvalue weighted by Gasteiger charge is 2.40. The molecule has 4 nitrogen and oxygen atoms in total. The highest BCUT2D eigenvalue weighted by atomic mass is 16.5. The Labute approximate surface area is 128 Å². The lowest BCUT2D eigenvalue weighted by atomic mass is 9.92. The molecule has 2 aliphatic heterocycles. The van der Waals surface area contributed by atoms with Crippen LogP contribution in [-0.2, 0) is 9.53 Å². The van der Waals surface area contributed by atoms with Crippen LogP contribution in [0.4, 0.5) is 0 Å². The van der Waals surface area contributed by atoms with Crippen LogP contribution in [-0.4, -0.2) is 49.2 Å². The Kier molecular flexibility index (Phi) is 5.17. The Balaban J connectivity index is 1.51. The molecule has 1 N–H and O–H groups in total. The average Bonchev–Trinajstić information content (AvgIpc) is 3.18. The maximum atomic E-state index is 12.2. The van der Waals surface area contributed by atoms with Crippen LogP contribution in [0.2, 0.25) is 0 Å². The van der Waals surface area contributed by atoms with E-state index in [9.17, 15) is 4.79 Å². The molecule has 0 unspecified atom stereocenters. The van der Waals surface area contributed by atoms with Crippen LogP contribution in [0.1, 0.15) is 57.8 Å². The largest absolute Gasteiger partial charge is 0.381 e. The third-order valence-corrected chi connectivity index (χ3v) is 5.67. The molecule has 1 amide bonds. The van der Waals surface area contributed by atoms with Crippen LogP contribution in [0.3, 0.4) is 0 Å². The van der Waals surface area contributed by atoms with Crippen LogP contribution in [0, 0.1) is 5.92 Å². The molecule has 0 aromatic carbocycles. The maximum Gasteiger partial charge on any atom is 0.220 e. The molecule has 3 fully saturated rings. The van der Waals surface area contributed by atoms with E-state index >= 15 is 0 Å². The van der Waals surface area contributed by atoms with Crippen molar-refractivity contribution in [3.63, 3.8) is 0 Å². The first kappa shape index (κ1) is 15.3. The van der Waals surface area contributed by atoms with E-state index in [1.54, 1.807) is 0 Å². The molecule has 21 heavy (non-hydrogen) atoms. The molecule has 1 saturated carbocycles. The quantitative estimate of drug-likeness (QED) is 0.846. The monoisotopic (exact) mass is 294 g/mol. The third kappa shape index (κ3) is 3.78. The first-order chi connectivity index (χ1) is 10.3. The van der Waals surface area contributed by atoms with Gasteiger partial charge in [-0.05, 0) is 51.1 Å². The average molecular weight is 294 g/mol. The second-order valence-electron chi connectivity index (χ2n) is 7.19. The summed E-state index contributed by atoms with van der Waals surface area (Å²) in [7, 11) is 0. The van der Waals surface area contributed by atoms with Crippen LogP contribution in [0.5, 0.6) is 0 Å². The van der Waals surface area contributed by atoms with Crippen molar-refractivity contribution in [1.82, 2.24) is 10.2 Å². The van der Waals surface area contributed by atoms with Crippen LogP contribution in [0.25, 0.3) is 0 Å². The number of rotatable bonds is 5. The Bertz CT molecular complexity index is 341. The topological polar surface area (TPSA) is 41.6 Å². The summed E-state index contributed by atoms with van der Waals surface area (Å²) in [5, 5.41) is 3.25. The van der Waals surface area contributed by atoms with E-state index in [2.05, 4.69) is 10.2 Å². The van der Waals surface area contributed by atoms with Gasteiger partial charge in [0, 0.05) is 31.7 Å². The van der Waals surface area contributed by atoms with Gasteiger partial charge in [0.25, 0.3) is 0 Å². The number of nitrogens with zero attached hydrogens (tertiary/aromatic N) is 1. The Morgan fingerprint density at radius 1 is 1.14 bits per heavy atom. The fraction of sp³-hybridized carbons (Fsp3) is 0.941. The van der Waals surface area contributed by atoms with Gasteiger partial charge in [-0.15, -0.1) is 0 Å². The van der Waals surface area contributed by atoms with E-state index in [0.717, 1.165) is 26.2 Å². The smallest absolute Gasteiger partial charge is 0.220 e. The van der Waals surface area contributed by atoms with Crippen molar-refractivity contribution < 1.29 is 9.53 Å². The molecule has 0 bridgehead atoms. The minimum absolute atomic E-state index is 0.230. The summed E-state index contributed by atoms with van der Waals surface area (Å²) in [5.74, 6) is 0.674. The van der Waals surface area contributed by atoms with Gasteiger partial charge in [-0.3, -0.25) is 9.69 Å². The van der Waals surface area contributed by atoms with E-state index in [4.69, 9.17) is 4.74 Å². The van der Waals surface area contributed by atoms with Gasteiger partial charge in [-0.25, -0.2) is 0 Å². The van der Waals surface area contributed by atoms with Crippen LogP contribution >= 0.6 is 0 Å². The second-order valence-corrected chi connectivity index (χ2v) is 7.19. The molecule has 0 aromatic heterocycles. The minimum atomic E-state index is 0.230. The Hall–Kier alpha value is -0.610. The predicted molar refractivity (Wildman–Crippen MR) is 83.2 cm³/mol. The Morgan fingerprint density at radius 2 is 1.90 bits per heavy atom. The lowest BCUT2D eigenvalue weighted by molar-refractivity contribution is -0.122. The first-order valence-electron chi connectivity index (χ1n) is 8.88. The van der Waals surface area contributed by atoms with Crippen molar-refractivity contribution in [2.75, 3.05) is 32.8 Å². The normalized spacial score (nSPS) is 29.6. The fourth-order valence-electron chi connectivity index (χ4n) is 4.35. The van der Waals surface area contributed by atoms with Gasteiger partial charge in [0.1, 0.15) is 0 Å². The van der Waals surface area contributed by atoms with Gasteiger partial charge in [0.2, 0.25) is 5.91 Å². The molecule has 2 heterocycles. The lowest BCUT2D eigenvalue weighted by Crippen LogP contribution is -2.55. The van der Waals surface area contributed by atoms with Crippen LogP contribution < -0.4 is 5.32 Å². The van der Waals surface area contributed by atoms with Crippen molar-refractivity contribution in [2.45, 2.75) is 63.3 Å². The summed E-state index contributed by atoms with van der Waals surface area (Å²) in [6.07, 6.45) is 10.9. The zero-order valence-electron chi connectivity index (χ0n) is 13.2. The lowest BCUT2D eigenvalue weighted by Gasteiger charge is -2.43. The zero-order chi connectivity index (χ0) is 14.5. The zero-order valence-corrected chi connectivity index (χ0v) is 13.2. The molecule has 120 valence electrons. The molecule has 1 atom stereocenters. The number of carbonyl (C=O) groups excluding carboxylic acids is 1. The van der Waals surface area contributed by atoms with Gasteiger partial charge < -0.3 is 10.1 Å². The summed E-state index contributed by atoms with van der Waals surface area (Å²) in [4.78, 5) is 14.9. The number of hydrogen-bond acceptors (Lipinski definition) is 3. The molecule has 0 aromatic rings. The molecule has 1 aliphatic carbocycles. The summed E-state index contributed by atoms with van der Waals surface area (Å²) in [5.41, 5.74) is 0.266. The fourth-order valence-corrected chi connectivity index (χ4v) is 4.35. The van der Waals surface area contributed by atoms with E-state index in [1.165, 1.54) is 58.0 Å². The highest BCUT2D eigenvalue weighted by molar-refractivity contribution is 5.76. The standard InChI is InChI=1S/C17H30N2O2/c20-16(12-15-6-11-21-13-15)18-14-17(7-2-3-8-17)19-9-4-1-5-10-19/h15H,1-14H2,(H,18,20)/t15-/m1/s1. The summed E-state index contributed by atoms with van der Waals surface area (Å²) in [6, 6.07) is 0. The molecule has 3 aliphatic rings. The van der Waals surface area contributed by atoms with Gasteiger partial charge in [0.15, 0.2) is 0 Å². The van der Waals surface area contributed by atoms with E-state index < -0.39 is 0 Å². The third-order valence-electron chi connectivity index (χ3n) is 5.67. The van der Waals surface area contributed by atoms with Gasteiger partial charge in [-0.2, -0.15) is 0 Å². The van der Waals surface area contributed by atoms with E-state index in [-0.39, 0.29) is 11.4 Å². The number of hydrogen-bond donors (Lipinski definition) is 1. The predicted octanol–water partition coefficient (Wildman–Crippen LogP) is 2.33. The highest BCUT2D eigenvalue weighted by Crippen LogP contribution is 2.36. The SMILES string of the molecule is O=C(C[C@H]1CCOC1)NCC1(N2CCCCC2)CCCC1. The van der Waals surface area contributed by atoms with E-state index in [1.807, 2.05) is 0 Å². The number of carbonyl (C=O) groups is 1. The van der Waals surface area contributed by atoms with E-state index in [0.29, 0.717) is 12.3 Å². The minimum Gasteiger partial charge on any atom is -0.381 e. The van der Waals surface area contributed by atoms with Gasteiger partial charge >= 0.3 is 0 Å². The number of ether oxygens (including phenoxy) is 1. The number of likely N-dealkylation sites (tertiary alicyclic amines) is 1. The number of piperidine rings is 1. The number of amides is 1. The molecular formula is C17H30N2O2. The molecule has 0 spiro atoms. The van der Waals surface area contributed by atoms with Crippen molar-refractivity contribution in [1.29, 1.82) is 0 Å². The molecule has 4 heteroatoms. The Morgan fingerprint density at radius 3 is 2.57 bits per heavy atom. The van der Waals surface area contributed by atoms with Crippen LogP contribution in [0.15, 0.2) is 0 Å². The summed E-state index contributed by atoms with van der Waals surface area (Å²) >= 11 is 0. The van der Waals surface area contributed by atoms with Crippen molar-refractivity contribution >= 4 is 5.91 Å². The maximum absolute atomic E-state index is 12.2. The molecule has 0 radical (unpaired) electrons.